The van der Waals surface area contributed by atoms with E-state index in [9.17, 15) is 14.7 Å². The minimum absolute atomic E-state index is 0.0443. The fraction of sp³-hybridized carbons (Fsp3) is 0.429. The molecular formula is C14H19NO5. The maximum Gasteiger partial charge on any atom is 0.303 e. The van der Waals surface area contributed by atoms with Crippen molar-refractivity contribution in [1.82, 2.24) is 5.32 Å². The van der Waals surface area contributed by atoms with Crippen LogP contribution in [0, 0.1) is 5.92 Å². The lowest BCUT2D eigenvalue weighted by Gasteiger charge is -2.12. The lowest BCUT2D eigenvalue weighted by molar-refractivity contribution is -0.137. The molecule has 1 rings (SSSR count). The largest absolute Gasteiger partial charge is 0.507 e. The monoisotopic (exact) mass is 281 g/mol. The van der Waals surface area contributed by atoms with E-state index in [-0.39, 0.29) is 23.7 Å². The highest BCUT2D eigenvalue weighted by Gasteiger charge is 2.13. The second-order valence-electron chi connectivity index (χ2n) is 4.63. The number of amides is 1. The number of nitrogens with one attached hydrogen (secondary N) is 1. The number of phenols is 1. The van der Waals surface area contributed by atoms with Gasteiger partial charge in [-0.15, -0.1) is 0 Å². The van der Waals surface area contributed by atoms with Crippen molar-refractivity contribution in [1.29, 1.82) is 0 Å². The first-order valence-electron chi connectivity index (χ1n) is 6.31. The predicted octanol–water partition coefficient (Wildman–Crippen LogP) is 1.63. The van der Waals surface area contributed by atoms with E-state index in [1.807, 2.05) is 6.92 Å². The van der Waals surface area contributed by atoms with Crippen molar-refractivity contribution in [3.05, 3.63) is 23.8 Å². The molecule has 0 aliphatic heterocycles. The number of benzene rings is 1. The van der Waals surface area contributed by atoms with Gasteiger partial charge in [0.25, 0.3) is 5.91 Å². The fourth-order valence-electron chi connectivity index (χ4n) is 1.66. The van der Waals surface area contributed by atoms with E-state index in [0.717, 1.165) is 0 Å². The third kappa shape index (κ3) is 4.79. The van der Waals surface area contributed by atoms with Crippen LogP contribution in [-0.2, 0) is 4.79 Å². The molecule has 0 saturated heterocycles. The number of hydrogen-bond donors (Lipinski definition) is 3. The van der Waals surface area contributed by atoms with Crippen molar-refractivity contribution in [2.75, 3.05) is 13.7 Å². The maximum atomic E-state index is 11.9. The number of carboxylic acid groups (broad SMARTS) is 1. The van der Waals surface area contributed by atoms with Crippen LogP contribution in [0.1, 0.15) is 30.1 Å². The van der Waals surface area contributed by atoms with Crippen molar-refractivity contribution in [3.63, 3.8) is 0 Å². The number of rotatable bonds is 7. The quantitative estimate of drug-likeness (QED) is 0.706. The number of phenolic OH excluding ortho intramolecular Hbond substituents is 1. The molecule has 0 aromatic heterocycles. The second-order valence-corrected chi connectivity index (χ2v) is 4.63. The van der Waals surface area contributed by atoms with Gasteiger partial charge in [-0.2, -0.15) is 0 Å². The van der Waals surface area contributed by atoms with E-state index >= 15 is 0 Å². The van der Waals surface area contributed by atoms with E-state index in [1.165, 1.54) is 19.2 Å². The number of aliphatic carboxylic acids is 1. The molecular weight excluding hydrogens is 262 g/mol. The van der Waals surface area contributed by atoms with Crippen LogP contribution in [0.5, 0.6) is 11.5 Å². The molecule has 1 aromatic carbocycles. The Morgan fingerprint density at radius 3 is 2.70 bits per heavy atom. The molecule has 6 heteroatoms. The van der Waals surface area contributed by atoms with Crippen LogP contribution in [0.2, 0.25) is 0 Å². The first-order chi connectivity index (χ1) is 9.43. The number of aromatic hydroxyl groups is 1. The molecule has 0 radical (unpaired) electrons. The Kier molecular flexibility index (Phi) is 5.83. The second kappa shape index (κ2) is 7.37. The zero-order valence-electron chi connectivity index (χ0n) is 11.5. The summed E-state index contributed by atoms with van der Waals surface area (Å²) in [5, 5.41) is 20.9. The normalized spacial score (nSPS) is 11.7. The van der Waals surface area contributed by atoms with Gasteiger partial charge in [0.05, 0.1) is 12.7 Å². The molecule has 0 heterocycles. The van der Waals surface area contributed by atoms with Crippen LogP contribution in [0.25, 0.3) is 0 Å². The van der Waals surface area contributed by atoms with E-state index in [4.69, 9.17) is 9.84 Å². The van der Waals surface area contributed by atoms with Gasteiger partial charge >= 0.3 is 5.97 Å². The summed E-state index contributed by atoms with van der Waals surface area (Å²) in [6, 6.07) is 4.40. The van der Waals surface area contributed by atoms with Crippen molar-refractivity contribution in [2.24, 2.45) is 5.92 Å². The molecule has 0 aliphatic rings. The Hall–Kier alpha value is -2.24. The van der Waals surface area contributed by atoms with Crippen LogP contribution in [-0.4, -0.2) is 35.7 Å². The lowest BCUT2D eigenvalue weighted by atomic mass is 10.1. The minimum atomic E-state index is -0.853. The van der Waals surface area contributed by atoms with Gasteiger partial charge in [-0.25, -0.2) is 0 Å². The van der Waals surface area contributed by atoms with Gasteiger partial charge in [0.1, 0.15) is 11.5 Å². The van der Waals surface area contributed by atoms with Crippen LogP contribution < -0.4 is 10.1 Å². The molecule has 6 nitrogen and oxygen atoms in total. The van der Waals surface area contributed by atoms with Gasteiger partial charge in [0, 0.05) is 13.0 Å². The Labute approximate surface area is 117 Å². The van der Waals surface area contributed by atoms with Crippen LogP contribution in [0.4, 0.5) is 0 Å². The van der Waals surface area contributed by atoms with Crippen molar-refractivity contribution in [3.8, 4) is 11.5 Å². The van der Waals surface area contributed by atoms with Crippen molar-refractivity contribution in [2.45, 2.75) is 19.8 Å². The Balaban J connectivity index is 2.56. The van der Waals surface area contributed by atoms with Crippen molar-refractivity contribution < 1.29 is 24.5 Å². The smallest absolute Gasteiger partial charge is 0.303 e. The highest BCUT2D eigenvalue weighted by Crippen LogP contribution is 2.22. The first-order valence-corrected chi connectivity index (χ1v) is 6.31. The van der Waals surface area contributed by atoms with Gasteiger partial charge in [0.15, 0.2) is 0 Å². The van der Waals surface area contributed by atoms with Crippen LogP contribution in [0.3, 0.4) is 0 Å². The molecule has 0 fully saturated rings. The summed E-state index contributed by atoms with van der Waals surface area (Å²) in [4.78, 5) is 22.4. The topological polar surface area (TPSA) is 95.9 Å². The van der Waals surface area contributed by atoms with E-state index in [1.54, 1.807) is 6.07 Å². The summed E-state index contributed by atoms with van der Waals surface area (Å²) in [5.41, 5.74) is 0.134. The molecule has 0 bridgehead atoms. The molecule has 1 aromatic rings. The van der Waals surface area contributed by atoms with E-state index in [2.05, 4.69) is 5.32 Å². The first kappa shape index (κ1) is 15.8. The molecule has 0 spiro atoms. The van der Waals surface area contributed by atoms with E-state index in [0.29, 0.717) is 18.7 Å². The number of carbonyl (C=O) groups excluding carboxylic acids is 1. The number of methoxy groups -OCH3 is 1. The summed E-state index contributed by atoms with van der Waals surface area (Å²) < 4.78 is 4.99. The third-order valence-electron chi connectivity index (χ3n) is 2.91. The van der Waals surface area contributed by atoms with Gasteiger partial charge < -0.3 is 20.3 Å². The number of carboxylic acids is 1. The van der Waals surface area contributed by atoms with Gasteiger partial charge in [-0.3, -0.25) is 9.59 Å². The predicted molar refractivity (Wildman–Crippen MR) is 73.0 cm³/mol. The molecule has 20 heavy (non-hydrogen) atoms. The van der Waals surface area contributed by atoms with Crippen LogP contribution in [0.15, 0.2) is 18.2 Å². The van der Waals surface area contributed by atoms with E-state index < -0.39 is 11.9 Å². The lowest BCUT2D eigenvalue weighted by Crippen LogP contribution is -2.28. The molecule has 1 amide bonds. The summed E-state index contributed by atoms with van der Waals surface area (Å²) in [6.45, 7) is 2.21. The third-order valence-corrected chi connectivity index (χ3v) is 2.91. The van der Waals surface area contributed by atoms with Gasteiger partial charge in [-0.1, -0.05) is 6.92 Å². The molecule has 1 atom stereocenters. The molecule has 0 aliphatic carbocycles. The fourth-order valence-corrected chi connectivity index (χ4v) is 1.66. The number of hydrogen-bond acceptors (Lipinski definition) is 4. The average molecular weight is 281 g/mol. The summed E-state index contributed by atoms with van der Waals surface area (Å²) in [6.07, 6.45) is 0.557. The molecule has 0 saturated carbocycles. The average Bonchev–Trinajstić information content (AvgIpc) is 2.43. The Bertz CT molecular complexity index is 486. The van der Waals surface area contributed by atoms with Crippen molar-refractivity contribution >= 4 is 11.9 Å². The number of ether oxygens (including phenoxy) is 1. The molecule has 110 valence electrons. The molecule has 1 unspecified atom stereocenters. The highest BCUT2D eigenvalue weighted by molar-refractivity contribution is 5.97. The number of carbonyl (C=O) groups is 2. The molecule has 3 N–H and O–H groups in total. The summed E-state index contributed by atoms with van der Waals surface area (Å²) >= 11 is 0. The van der Waals surface area contributed by atoms with Gasteiger partial charge in [-0.05, 0) is 30.5 Å². The summed E-state index contributed by atoms with van der Waals surface area (Å²) in [5.74, 6) is -0.867. The standard InChI is InChI=1S/C14H19NO5/c1-9(3-6-13(17)18)8-15-14(19)11-7-10(20-2)4-5-12(11)16/h4-5,7,9,16H,3,6,8H2,1-2H3,(H,15,19)(H,17,18). The van der Waals surface area contributed by atoms with Gasteiger partial charge in [0.2, 0.25) is 0 Å². The SMILES string of the molecule is COc1ccc(O)c(C(=O)NCC(C)CCC(=O)O)c1. The highest BCUT2D eigenvalue weighted by atomic mass is 16.5. The zero-order chi connectivity index (χ0) is 15.1. The summed E-state index contributed by atoms with van der Waals surface area (Å²) in [7, 11) is 1.47. The maximum absolute atomic E-state index is 11.9. The zero-order valence-corrected chi connectivity index (χ0v) is 11.5. The Morgan fingerprint density at radius 1 is 1.40 bits per heavy atom. The Morgan fingerprint density at radius 2 is 2.10 bits per heavy atom. The minimum Gasteiger partial charge on any atom is -0.507 e. The van der Waals surface area contributed by atoms with Crippen LogP contribution >= 0.6 is 0 Å².